The van der Waals surface area contributed by atoms with E-state index in [0.29, 0.717) is 6.54 Å². The van der Waals surface area contributed by atoms with Crippen molar-refractivity contribution in [3.8, 4) is 0 Å². The average molecular weight is 175 g/mol. The predicted molar refractivity (Wildman–Crippen MR) is 50.0 cm³/mol. The summed E-state index contributed by atoms with van der Waals surface area (Å²) >= 11 is 0. The minimum absolute atomic E-state index is 0.212. The molecule has 3 heteroatoms. The van der Waals surface area contributed by atoms with Crippen LogP contribution in [0.25, 0.3) is 0 Å². The van der Waals surface area contributed by atoms with E-state index in [4.69, 9.17) is 10.5 Å². The number of aliphatic hydroxyl groups is 1. The maximum atomic E-state index is 9.58. The molecule has 0 aliphatic carbocycles. The fourth-order valence-electron chi connectivity index (χ4n) is 0.671. The van der Waals surface area contributed by atoms with Crippen molar-refractivity contribution in [3.63, 3.8) is 0 Å². The lowest BCUT2D eigenvalue weighted by Gasteiger charge is -2.34. The van der Waals surface area contributed by atoms with Gasteiger partial charge in [-0.1, -0.05) is 0 Å². The first-order valence-corrected chi connectivity index (χ1v) is 4.29. The van der Waals surface area contributed by atoms with Gasteiger partial charge in [0.1, 0.15) is 0 Å². The third kappa shape index (κ3) is 4.04. The quantitative estimate of drug-likeness (QED) is 0.667. The third-order valence-electron chi connectivity index (χ3n) is 1.98. The topological polar surface area (TPSA) is 55.5 Å². The van der Waals surface area contributed by atoms with Crippen LogP contribution in [0.5, 0.6) is 0 Å². The van der Waals surface area contributed by atoms with Gasteiger partial charge in [0.25, 0.3) is 0 Å². The Morgan fingerprint density at radius 3 is 2.00 bits per heavy atom. The van der Waals surface area contributed by atoms with Gasteiger partial charge in [0, 0.05) is 6.54 Å². The zero-order valence-corrected chi connectivity index (χ0v) is 8.72. The minimum Gasteiger partial charge on any atom is -0.388 e. The van der Waals surface area contributed by atoms with Crippen LogP contribution < -0.4 is 5.73 Å². The highest BCUT2D eigenvalue weighted by atomic mass is 16.5. The Hall–Kier alpha value is -0.120. The molecule has 0 aliphatic rings. The molecule has 0 aliphatic heterocycles. The largest absolute Gasteiger partial charge is 0.388 e. The highest BCUT2D eigenvalue weighted by molar-refractivity contribution is 4.79. The Morgan fingerprint density at radius 2 is 1.75 bits per heavy atom. The molecule has 0 amide bonds. The van der Waals surface area contributed by atoms with Crippen LogP contribution in [-0.4, -0.2) is 29.0 Å². The SMILES string of the molecule is CC(OC(C)(C)CN)C(C)(C)O. The smallest absolute Gasteiger partial charge is 0.0849 e. The number of hydrogen-bond donors (Lipinski definition) is 2. The Labute approximate surface area is 74.9 Å². The second kappa shape index (κ2) is 3.73. The fourth-order valence-corrected chi connectivity index (χ4v) is 0.671. The van der Waals surface area contributed by atoms with Gasteiger partial charge in [-0.15, -0.1) is 0 Å². The van der Waals surface area contributed by atoms with Gasteiger partial charge in [0.15, 0.2) is 0 Å². The molecular weight excluding hydrogens is 154 g/mol. The first kappa shape index (κ1) is 11.9. The summed E-state index contributed by atoms with van der Waals surface area (Å²) in [7, 11) is 0. The standard InChI is InChI=1S/C9H21NO2/c1-7(9(4,5)11)12-8(2,3)6-10/h7,11H,6,10H2,1-5H3. The summed E-state index contributed by atoms with van der Waals surface area (Å²) in [6.07, 6.45) is -0.212. The first-order chi connectivity index (χ1) is 5.19. The van der Waals surface area contributed by atoms with Gasteiger partial charge in [0.05, 0.1) is 17.3 Å². The zero-order chi connectivity index (χ0) is 9.99. The van der Waals surface area contributed by atoms with E-state index in [0.717, 1.165) is 0 Å². The van der Waals surface area contributed by atoms with Crippen molar-refractivity contribution in [2.24, 2.45) is 5.73 Å². The Morgan fingerprint density at radius 1 is 1.33 bits per heavy atom. The fraction of sp³-hybridized carbons (Fsp3) is 1.00. The Balaban J connectivity index is 4.09. The minimum atomic E-state index is -0.813. The van der Waals surface area contributed by atoms with Crippen molar-refractivity contribution in [1.82, 2.24) is 0 Å². The molecule has 0 aromatic rings. The van der Waals surface area contributed by atoms with Gasteiger partial charge >= 0.3 is 0 Å². The molecule has 1 unspecified atom stereocenters. The van der Waals surface area contributed by atoms with Crippen LogP contribution >= 0.6 is 0 Å². The van der Waals surface area contributed by atoms with E-state index in [2.05, 4.69) is 0 Å². The molecule has 0 heterocycles. The molecule has 0 bridgehead atoms. The molecule has 1 atom stereocenters. The molecule has 0 aromatic carbocycles. The molecule has 12 heavy (non-hydrogen) atoms. The highest BCUT2D eigenvalue weighted by Gasteiger charge is 2.28. The lowest BCUT2D eigenvalue weighted by molar-refractivity contribution is -0.139. The van der Waals surface area contributed by atoms with Gasteiger partial charge in [-0.3, -0.25) is 0 Å². The number of rotatable bonds is 4. The molecule has 0 aromatic heterocycles. The van der Waals surface area contributed by atoms with Crippen molar-refractivity contribution < 1.29 is 9.84 Å². The lowest BCUT2D eigenvalue weighted by atomic mass is 10.0. The van der Waals surface area contributed by atoms with Gasteiger partial charge in [0.2, 0.25) is 0 Å². The molecule has 0 radical (unpaired) electrons. The van der Waals surface area contributed by atoms with Gasteiger partial charge in [-0.2, -0.15) is 0 Å². The van der Waals surface area contributed by atoms with Crippen molar-refractivity contribution in [3.05, 3.63) is 0 Å². The van der Waals surface area contributed by atoms with E-state index in [1.54, 1.807) is 13.8 Å². The molecule has 3 nitrogen and oxygen atoms in total. The first-order valence-electron chi connectivity index (χ1n) is 4.29. The van der Waals surface area contributed by atoms with Crippen LogP contribution in [0.4, 0.5) is 0 Å². The van der Waals surface area contributed by atoms with E-state index in [-0.39, 0.29) is 11.7 Å². The van der Waals surface area contributed by atoms with E-state index < -0.39 is 5.60 Å². The summed E-state index contributed by atoms with van der Waals surface area (Å²) in [4.78, 5) is 0. The van der Waals surface area contributed by atoms with Crippen LogP contribution in [0.1, 0.15) is 34.6 Å². The van der Waals surface area contributed by atoms with Crippen molar-refractivity contribution in [2.45, 2.75) is 51.9 Å². The molecule has 3 N–H and O–H groups in total. The zero-order valence-electron chi connectivity index (χ0n) is 8.72. The van der Waals surface area contributed by atoms with Crippen molar-refractivity contribution in [1.29, 1.82) is 0 Å². The van der Waals surface area contributed by atoms with E-state index >= 15 is 0 Å². The highest BCUT2D eigenvalue weighted by Crippen LogP contribution is 2.18. The predicted octanol–water partition coefficient (Wildman–Crippen LogP) is 0.900. The third-order valence-corrected chi connectivity index (χ3v) is 1.98. The second-order valence-corrected chi connectivity index (χ2v) is 4.38. The summed E-state index contributed by atoms with van der Waals surface area (Å²) in [6, 6.07) is 0. The summed E-state index contributed by atoms with van der Waals surface area (Å²) in [5.41, 5.74) is 4.32. The summed E-state index contributed by atoms with van der Waals surface area (Å²) in [5.74, 6) is 0. The van der Waals surface area contributed by atoms with Crippen LogP contribution in [0.15, 0.2) is 0 Å². The van der Waals surface area contributed by atoms with E-state index in [1.807, 2.05) is 20.8 Å². The molecule has 74 valence electrons. The normalized spacial score (nSPS) is 16.2. The lowest BCUT2D eigenvalue weighted by Crippen LogP contribution is -2.45. The number of nitrogens with two attached hydrogens (primary N) is 1. The van der Waals surface area contributed by atoms with Crippen LogP contribution in [0.3, 0.4) is 0 Å². The van der Waals surface area contributed by atoms with Crippen LogP contribution in [0, 0.1) is 0 Å². The molecular formula is C9H21NO2. The van der Waals surface area contributed by atoms with Crippen LogP contribution in [-0.2, 0) is 4.74 Å². The molecule has 0 fully saturated rings. The average Bonchev–Trinajstić information content (AvgIpc) is 1.85. The summed E-state index contributed by atoms with van der Waals surface area (Å²) in [6.45, 7) is 9.57. The van der Waals surface area contributed by atoms with E-state index in [9.17, 15) is 5.11 Å². The Kier molecular flexibility index (Phi) is 3.69. The monoisotopic (exact) mass is 175 g/mol. The molecule has 0 rings (SSSR count). The van der Waals surface area contributed by atoms with Crippen LogP contribution in [0.2, 0.25) is 0 Å². The Bertz CT molecular complexity index is 138. The number of hydrogen-bond acceptors (Lipinski definition) is 3. The number of ether oxygens (including phenoxy) is 1. The summed E-state index contributed by atoms with van der Waals surface area (Å²) in [5, 5.41) is 9.58. The molecule has 0 spiro atoms. The van der Waals surface area contributed by atoms with Gasteiger partial charge in [-0.25, -0.2) is 0 Å². The molecule has 0 saturated heterocycles. The maximum absolute atomic E-state index is 9.58. The molecule has 0 saturated carbocycles. The van der Waals surface area contributed by atoms with Gasteiger partial charge in [-0.05, 0) is 34.6 Å². The maximum Gasteiger partial charge on any atom is 0.0849 e. The van der Waals surface area contributed by atoms with Crippen molar-refractivity contribution >= 4 is 0 Å². The van der Waals surface area contributed by atoms with E-state index in [1.165, 1.54) is 0 Å². The summed E-state index contributed by atoms with van der Waals surface area (Å²) < 4.78 is 5.58. The van der Waals surface area contributed by atoms with Gasteiger partial charge < -0.3 is 15.6 Å². The van der Waals surface area contributed by atoms with Crippen molar-refractivity contribution in [2.75, 3.05) is 6.54 Å². The second-order valence-electron chi connectivity index (χ2n) is 4.38.